The van der Waals surface area contributed by atoms with Gasteiger partial charge < -0.3 is 10.2 Å². The van der Waals surface area contributed by atoms with Crippen LogP contribution in [0.15, 0.2) is 53.3 Å². The Morgan fingerprint density at radius 2 is 1.77 bits per heavy atom. The minimum Gasteiger partial charge on any atom is -0.504 e. The van der Waals surface area contributed by atoms with Crippen LogP contribution in [0, 0.1) is 11.7 Å². The molecule has 0 aliphatic carbocycles. The molecule has 30 heavy (non-hydrogen) atoms. The minimum atomic E-state index is -0.422. The number of pyridine rings is 1. The summed E-state index contributed by atoms with van der Waals surface area (Å²) in [6, 6.07) is 14.0. The molecule has 0 radical (unpaired) electrons. The molecular weight excluding hydrogens is 402 g/mol. The first-order valence-electron chi connectivity index (χ1n) is 9.07. The van der Waals surface area contributed by atoms with E-state index in [1.165, 1.54) is 12.1 Å². The van der Waals surface area contributed by atoms with Crippen LogP contribution in [0.4, 0.5) is 0 Å². The third-order valence-corrected chi connectivity index (χ3v) is 5.15. The molecule has 0 saturated carbocycles. The van der Waals surface area contributed by atoms with E-state index in [9.17, 15) is 15.0 Å². The number of benzene rings is 2. The summed E-state index contributed by atoms with van der Waals surface area (Å²) in [6.45, 7) is 1.88. The number of phenols is 2. The van der Waals surface area contributed by atoms with E-state index in [0.717, 1.165) is 11.4 Å². The van der Waals surface area contributed by atoms with Crippen molar-refractivity contribution in [2.45, 2.75) is 6.92 Å². The van der Waals surface area contributed by atoms with Gasteiger partial charge in [0.15, 0.2) is 22.8 Å². The number of phenolic OH excluding ortho intramolecular Hbond substituents is 2. The van der Waals surface area contributed by atoms with Gasteiger partial charge in [-0.25, -0.2) is 9.67 Å². The van der Waals surface area contributed by atoms with Crippen molar-refractivity contribution < 1.29 is 10.2 Å². The molecule has 5 rings (SSSR count). The first kappa shape index (κ1) is 18.1. The number of aromatic hydroxyl groups is 2. The highest BCUT2D eigenvalue weighted by Gasteiger charge is 2.21. The molecule has 9 heteroatoms. The summed E-state index contributed by atoms with van der Waals surface area (Å²) in [5.74, 6) is -0.544. The Morgan fingerprint density at radius 1 is 1.00 bits per heavy atom. The van der Waals surface area contributed by atoms with Crippen molar-refractivity contribution >= 4 is 34.3 Å². The predicted molar refractivity (Wildman–Crippen MR) is 116 cm³/mol. The first-order chi connectivity index (χ1) is 14.4. The number of hydrogen-bond donors (Lipinski definition) is 4. The standard InChI is InChI=1S/C21H15N5O3S/c1-10-15-16(11-7-8-13(27)14(28)9-11)17-18(23-21(30)24-20(17)29)22-19(15)26(25-10)12-5-3-2-4-6-12/h2-9,25,27-28H,1H3,(H,24,29,30). The lowest BCUT2D eigenvalue weighted by Crippen LogP contribution is -2.11. The lowest BCUT2D eigenvalue weighted by molar-refractivity contribution is 0.404. The van der Waals surface area contributed by atoms with Crippen molar-refractivity contribution in [1.29, 1.82) is 0 Å². The maximum absolute atomic E-state index is 12.8. The average molecular weight is 417 g/mol. The van der Waals surface area contributed by atoms with Crippen LogP contribution >= 0.6 is 12.2 Å². The Hall–Kier alpha value is -3.98. The highest BCUT2D eigenvalue weighted by atomic mass is 32.1. The smallest absolute Gasteiger partial charge is 0.261 e. The fourth-order valence-electron chi connectivity index (χ4n) is 3.67. The SMILES string of the molecule is Cc1[nH]n(-c2ccccc2)c2nc3nc(=S)[nH]c(=O)c3c(-c3ccc(O)c(O)c3)c12. The van der Waals surface area contributed by atoms with E-state index in [2.05, 4.69) is 20.1 Å². The fraction of sp³-hybridized carbons (Fsp3) is 0.0476. The molecule has 3 heterocycles. The minimum absolute atomic E-state index is 0.0392. The lowest BCUT2D eigenvalue weighted by Gasteiger charge is -2.10. The summed E-state index contributed by atoms with van der Waals surface area (Å²) in [5, 5.41) is 24.1. The number of aryl methyl sites for hydroxylation is 1. The van der Waals surface area contributed by atoms with Crippen LogP contribution in [0.1, 0.15) is 5.69 Å². The van der Waals surface area contributed by atoms with Crippen molar-refractivity contribution in [2.24, 2.45) is 0 Å². The Balaban J connectivity index is 2.02. The molecule has 0 unspecified atom stereocenters. The number of para-hydroxylation sites is 1. The van der Waals surface area contributed by atoms with E-state index in [1.807, 2.05) is 37.3 Å². The number of H-pyrrole nitrogens is 2. The third-order valence-electron chi connectivity index (χ3n) is 4.96. The number of nitrogens with one attached hydrogen (secondary N) is 2. The molecule has 0 aliphatic heterocycles. The summed E-state index contributed by atoms with van der Waals surface area (Å²) >= 11 is 5.08. The second kappa shape index (κ2) is 6.53. The molecule has 0 spiro atoms. The molecule has 2 aromatic carbocycles. The fourth-order valence-corrected chi connectivity index (χ4v) is 3.84. The molecule has 0 aliphatic rings. The maximum Gasteiger partial charge on any atom is 0.261 e. The molecule has 0 amide bonds. The summed E-state index contributed by atoms with van der Waals surface area (Å²) in [6.07, 6.45) is 0. The molecule has 5 aromatic rings. The number of aromatic amines is 2. The van der Waals surface area contributed by atoms with Crippen LogP contribution < -0.4 is 5.56 Å². The highest BCUT2D eigenvalue weighted by Crippen LogP contribution is 2.38. The molecular formula is C21H15N5O3S. The number of fused-ring (bicyclic) bond motifs is 2. The summed E-state index contributed by atoms with van der Waals surface area (Å²) in [4.78, 5) is 24.3. The molecule has 0 bridgehead atoms. The monoisotopic (exact) mass is 417 g/mol. The predicted octanol–water partition coefficient (Wildman–Crippen LogP) is 3.71. The largest absolute Gasteiger partial charge is 0.504 e. The number of hydrogen-bond acceptors (Lipinski definition) is 6. The van der Waals surface area contributed by atoms with Crippen molar-refractivity contribution in [3.8, 4) is 28.3 Å². The van der Waals surface area contributed by atoms with Crippen molar-refractivity contribution in [3.05, 3.63) is 69.3 Å². The zero-order valence-electron chi connectivity index (χ0n) is 15.7. The van der Waals surface area contributed by atoms with Gasteiger partial charge >= 0.3 is 0 Å². The van der Waals surface area contributed by atoms with E-state index in [0.29, 0.717) is 22.2 Å². The second-order valence-electron chi connectivity index (χ2n) is 6.87. The van der Waals surface area contributed by atoms with E-state index < -0.39 is 5.56 Å². The molecule has 0 fully saturated rings. The summed E-state index contributed by atoms with van der Waals surface area (Å²) in [5.41, 5.74) is 3.03. The Kier molecular flexibility index (Phi) is 3.93. The zero-order chi connectivity index (χ0) is 21.0. The van der Waals surface area contributed by atoms with Crippen molar-refractivity contribution in [3.63, 3.8) is 0 Å². The van der Waals surface area contributed by atoms with Gasteiger partial charge in [0, 0.05) is 16.6 Å². The Labute approximate surface area is 174 Å². The van der Waals surface area contributed by atoms with E-state index in [-0.39, 0.29) is 27.3 Å². The van der Waals surface area contributed by atoms with Gasteiger partial charge in [-0.3, -0.25) is 14.9 Å². The van der Waals surface area contributed by atoms with E-state index >= 15 is 0 Å². The molecule has 8 nitrogen and oxygen atoms in total. The maximum atomic E-state index is 12.8. The summed E-state index contributed by atoms with van der Waals surface area (Å²) < 4.78 is 1.84. The molecule has 0 saturated heterocycles. The Morgan fingerprint density at radius 3 is 2.50 bits per heavy atom. The molecule has 148 valence electrons. The Bertz CT molecular complexity index is 1570. The van der Waals surface area contributed by atoms with Gasteiger partial charge in [0.1, 0.15) is 0 Å². The van der Waals surface area contributed by atoms with Gasteiger partial charge in [-0.05, 0) is 49.0 Å². The quantitative estimate of drug-likeness (QED) is 0.257. The third kappa shape index (κ3) is 2.67. The van der Waals surface area contributed by atoms with Crippen LogP contribution in [0.2, 0.25) is 0 Å². The lowest BCUT2D eigenvalue weighted by atomic mass is 9.98. The van der Waals surface area contributed by atoms with Crippen LogP contribution in [-0.4, -0.2) is 34.9 Å². The molecule has 0 atom stereocenters. The van der Waals surface area contributed by atoms with Gasteiger partial charge in [-0.1, -0.05) is 24.3 Å². The van der Waals surface area contributed by atoms with Crippen LogP contribution in [-0.2, 0) is 0 Å². The van der Waals surface area contributed by atoms with Crippen LogP contribution in [0.5, 0.6) is 11.5 Å². The molecule has 4 N–H and O–H groups in total. The first-order valence-corrected chi connectivity index (χ1v) is 9.48. The van der Waals surface area contributed by atoms with E-state index in [4.69, 9.17) is 12.2 Å². The summed E-state index contributed by atoms with van der Waals surface area (Å²) in [7, 11) is 0. The highest BCUT2D eigenvalue weighted by molar-refractivity contribution is 7.71. The van der Waals surface area contributed by atoms with Gasteiger partial charge in [-0.2, -0.15) is 4.98 Å². The van der Waals surface area contributed by atoms with Crippen LogP contribution in [0.3, 0.4) is 0 Å². The van der Waals surface area contributed by atoms with Gasteiger partial charge in [-0.15, -0.1) is 0 Å². The van der Waals surface area contributed by atoms with Crippen LogP contribution in [0.25, 0.3) is 38.9 Å². The van der Waals surface area contributed by atoms with E-state index in [1.54, 1.807) is 10.7 Å². The van der Waals surface area contributed by atoms with Crippen molar-refractivity contribution in [1.82, 2.24) is 24.7 Å². The average Bonchev–Trinajstić information content (AvgIpc) is 3.05. The van der Waals surface area contributed by atoms with Gasteiger partial charge in [0.25, 0.3) is 5.56 Å². The van der Waals surface area contributed by atoms with Gasteiger partial charge in [0.05, 0.1) is 11.1 Å². The second-order valence-corrected chi connectivity index (χ2v) is 7.25. The topological polar surface area (TPSA) is 120 Å². The molecule has 3 aromatic heterocycles. The van der Waals surface area contributed by atoms with Crippen molar-refractivity contribution in [2.75, 3.05) is 0 Å². The number of rotatable bonds is 2. The number of aromatic nitrogens is 5. The zero-order valence-corrected chi connectivity index (χ0v) is 16.5. The normalized spacial score (nSPS) is 11.4. The van der Waals surface area contributed by atoms with Gasteiger partial charge in [0.2, 0.25) is 4.77 Å². The number of nitrogens with zero attached hydrogens (tertiary/aromatic N) is 3.